The lowest BCUT2D eigenvalue weighted by Gasteiger charge is -2.43. The molecule has 0 bridgehead atoms. The van der Waals surface area contributed by atoms with Crippen LogP contribution >= 0.6 is 0 Å². The van der Waals surface area contributed by atoms with E-state index in [0.717, 1.165) is 36.1 Å². The topological polar surface area (TPSA) is 107 Å². The number of carbonyl (C=O) groups excluding carboxylic acids is 2. The Morgan fingerprint density at radius 1 is 1.15 bits per heavy atom. The number of nitrogens with one attached hydrogen (secondary N) is 1. The molecule has 9 heteroatoms. The molecule has 2 saturated heterocycles. The third kappa shape index (κ3) is 8.16. The first kappa shape index (κ1) is 30.7. The van der Waals surface area contributed by atoms with Crippen LogP contribution in [0.15, 0.2) is 61.2 Å². The van der Waals surface area contributed by atoms with Crippen molar-refractivity contribution in [1.29, 1.82) is 0 Å². The van der Waals surface area contributed by atoms with Crippen molar-refractivity contribution >= 4 is 17.7 Å². The Morgan fingerprint density at radius 3 is 2.59 bits per heavy atom. The summed E-state index contributed by atoms with van der Waals surface area (Å²) < 4.78 is 23.9. The zero-order valence-electron chi connectivity index (χ0n) is 24.4. The van der Waals surface area contributed by atoms with Crippen molar-refractivity contribution in [3.63, 3.8) is 0 Å². The number of aliphatic hydroxyl groups is 1. The molecule has 0 saturated carbocycles. The summed E-state index contributed by atoms with van der Waals surface area (Å²) in [6, 6.07) is 14.7. The van der Waals surface area contributed by atoms with Crippen molar-refractivity contribution in [2.75, 3.05) is 25.0 Å². The van der Waals surface area contributed by atoms with Crippen LogP contribution in [-0.2, 0) is 30.3 Å². The Labute approximate surface area is 242 Å². The maximum absolute atomic E-state index is 13.0. The summed E-state index contributed by atoms with van der Waals surface area (Å²) in [6.45, 7) is 12.7. The molecule has 9 nitrogen and oxygen atoms in total. The molecule has 2 heterocycles. The number of likely N-dealkylation sites (tertiary alicyclic amines) is 1. The van der Waals surface area contributed by atoms with Crippen molar-refractivity contribution in [3.8, 4) is 0 Å². The monoisotopic (exact) mass is 566 g/mol. The smallest absolute Gasteiger partial charge is 0.411 e. The molecule has 2 aromatic carbocycles. The highest BCUT2D eigenvalue weighted by Crippen LogP contribution is 2.42. The number of ether oxygens (including phenoxy) is 4. The predicted octanol–water partition coefficient (Wildman–Crippen LogP) is 5.51. The van der Waals surface area contributed by atoms with Crippen LogP contribution in [0.2, 0.25) is 0 Å². The number of nitrogens with zero attached hydrogens (tertiary/aromatic N) is 1. The van der Waals surface area contributed by atoms with Gasteiger partial charge >= 0.3 is 12.1 Å². The summed E-state index contributed by atoms with van der Waals surface area (Å²) in [5, 5.41) is 12.2. The van der Waals surface area contributed by atoms with Crippen LogP contribution in [0.3, 0.4) is 0 Å². The first-order chi connectivity index (χ1) is 19.6. The third-order valence-corrected chi connectivity index (χ3v) is 7.32. The van der Waals surface area contributed by atoms with E-state index in [4.69, 9.17) is 18.9 Å². The molecule has 4 rings (SSSR count). The fourth-order valence-electron chi connectivity index (χ4n) is 5.29. The molecule has 2 N–H and O–H groups in total. The van der Waals surface area contributed by atoms with Crippen LogP contribution < -0.4 is 5.32 Å². The lowest BCUT2D eigenvalue weighted by Crippen LogP contribution is -2.48. The van der Waals surface area contributed by atoms with E-state index in [1.807, 2.05) is 57.2 Å². The van der Waals surface area contributed by atoms with Crippen molar-refractivity contribution in [3.05, 3.63) is 77.9 Å². The standard InChI is InChI=1S/C32H42N2O7/c1-6-17-38-31(37)33-25-10-7-9-24(18-25)30-39-27(19-34-16-8-11-26(34)29(36)41-32(3,4)5)21(2)28(40-30)23-14-12-22(20-35)13-15-23/h6-7,9-10,12-15,18,21,26-28,30,35H,1,8,11,16-17,19-20H2,2-5H3,(H,33,37)/t21-,26-,27+,28+,30+/m0/s1. The Kier molecular flexibility index (Phi) is 10.2. The van der Waals surface area contributed by atoms with Gasteiger partial charge in [-0.3, -0.25) is 15.0 Å². The van der Waals surface area contributed by atoms with Crippen molar-refractivity contribution < 1.29 is 33.6 Å². The molecule has 41 heavy (non-hydrogen) atoms. The Morgan fingerprint density at radius 2 is 1.90 bits per heavy atom. The van der Waals surface area contributed by atoms with E-state index < -0.39 is 18.0 Å². The minimum Gasteiger partial charge on any atom is -0.459 e. The first-order valence-corrected chi connectivity index (χ1v) is 14.2. The highest BCUT2D eigenvalue weighted by molar-refractivity contribution is 5.84. The number of hydrogen-bond donors (Lipinski definition) is 2. The lowest BCUT2D eigenvalue weighted by atomic mass is 9.90. The van der Waals surface area contributed by atoms with Gasteiger partial charge in [-0.1, -0.05) is 56.0 Å². The van der Waals surface area contributed by atoms with Gasteiger partial charge in [-0.05, 0) is 63.4 Å². The fourth-order valence-corrected chi connectivity index (χ4v) is 5.29. The number of carbonyl (C=O) groups is 2. The molecule has 2 aromatic rings. The number of anilines is 1. The van der Waals surface area contributed by atoms with E-state index in [-0.39, 0.29) is 43.4 Å². The van der Waals surface area contributed by atoms with Gasteiger partial charge < -0.3 is 24.1 Å². The Balaban J connectivity index is 1.58. The highest BCUT2D eigenvalue weighted by atomic mass is 16.7. The summed E-state index contributed by atoms with van der Waals surface area (Å²) in [5.41, 5.74) is 2.53. The molecule has 2 fully saturated rings. The zero-order chi connectivity index (χ0) is 29.6. The van der Waals surface area contributed by atoms with Gasteiger partial charge in [0, 0.05) is 23.7 Å². The van der Waals surface area contributed by atoms with Gasteiger partial charge in [0.15, 0.2) is 6.29 Å². The van der Waals surface area contributed by atoms with E-state index in [1.165, 1.54) is 6.08 Å². The normalized spacial score (nSPS) is 25.0. The molecule has 2 aliphatic rings. The summed E-state index contributed by atoms with van der Waals surface area (Å²) in [4.78, 5) is 27.3. The van der Waals surface area contributed by atoms with Gasteiger partial charge in [0.1, 0.15) is 18.2 Å². The molecule has 2 aliphatic heterocycles. The average molecular weight is 567 g/mol. The minimum absolute atomic E-state index is 0.0360. The van der Waals surface area contributed by atoms with Crippen LogP contribution in [0.25, 0.3) is 0 Å². The number of hydrogen-bond acceptors (Lipinski definition) is 8. The van der Waals surface area contributed by atoms with Crippen LogP contribution in [-0.4, -0.2) is 59.5 Å². The van der Waals surface area contributed by atoms with Crippen molar-refractivity contribution in [2.24, 2.45) is 5.92 Å². The average Bonchev–Trinajstić information content (AvgIpc) is 3.41. The van der Waals surface area contributed by atoms with E-state index in [2.05, 4.69) is 23.7 Å². The second-order valence-electron chi connectivity index (χ2n) is 11.6. The van der Waals surface area contributed by atoms with Crippen LogP contribution in [0.4, 0.5) is 10.5 Å². The van der Waals surface area contributed by atoms with Gasteiger partial charge in [0.05, 0.1) is 18.8 Å². The quantitative estimate of drug-likeness (QED) is 0.302. The number of amides is 1. The fraction of sp³-hybridized carbons (Fsp3) is 0.500. The van der Waals surface area contributed by atoms with Crippen molar-refractivity contribution in [2.45, 2.75) is 77.3 Å². The van der Waals surface area contributed by atoms with E-state index in [1.54, 1.807) is 12.1 Å². The molecule has 0 unspecified atom stereocenters. The van der Waals surface area contributed by atoms with Crippen LogP contribution in [0, 0.1) is 5.92 Å². The molecule has 5 atom stereocenters. The van der Waals surface area contributed by atoms with Crippen LogP contribution in [0.1, 0.15) is 69.6 Å². The van der Waals surface area contributed by atoms with Crippen molar-refractivity contribution in [1.82, 2.24) is 4.90 Å². The maximum atomic E-state index is 13.0. The number of aliphatic hydroxyl groups excluding tert-OH is 1. The van der Waals surface area contributed by atoms with E-state index in [0.29, 0.717) is 12.2 Å². The van der Waals surface area contributed by atoms with Gasteiger partial charge in [-0.2, -0.15) is 0 Å². The summed E-state index contributed by atoms with van der Waals surface area (Å²) in [5.74, 6) is -0.245. The summed E-state index contributed by atoms with van der Waals surface area (Å²) >= 11 is 0. The van der Waals surface area contributed by atoms with E-state index in [9.17, 15) is 14.7 Å². The summed E-state index contributed by atoms with van der Waals surface area (Å²) in [7, 11) is 0. The number of esters is 1. The number of rotatable bonds is 9. The van der Waals surface area contributed by atoms with Gasteiger partial charge in [-0.25, -0.2) is 4.79 Å². The Bertz CT molecular complexity index is 1190. The number of benzene rings is 2. The van der Waals surface area contributed by atoms with E-state index >= 15 is 0 Å². The molecule has 0 radical (unpaired) electrons. The summed E-state index contributed by atoms with van der Waals surface area (Å²) in [6.07, 6.45) is 1.30. The zero-order valence-corrected chi connectivity index (χ0v) is 24.4. The molecule has 222 valence electrons. The molecular weight excluding hydrogens is 524 g/mol. The third-order valence-electron chi connectivity index (χ3n) is 7.32. The lowest BCUT2D eigenvalue weighted by molar-refractivity contribution is -0.276. The second kappa shape index (κ2) is 13.6. The van der Waals surface area contributed by atoms with Gasteiger partial charge in [0.25, 0.3) is 0 Å². The molecule has 1 amide bonds. The van der Waals surface area contributed by atoms with Gasteiger partial charge in [-0.15, -0.1) is 0 Å². The minimum atomic E-state index is -0.716. The largest absolute Gasteiger partial charge is 0.459 e. The van der Waals surface area contributed by atoms with Gasteiger partial charge in [0.2, 0.25) is 0 Å². The predicted molar refractivity (Wildman–Crippen MR) is 155 cm³/mol. The van der Waals surface area contributed by atoms with Crippen LogP contribution in [0.5, 0.6) is 0 Å². The molecule has 0 spiro atoms. The first-order valence-electron chi connectivity index (χ1n) is 14.2. The molecule has 0 aromatic heterocycles. The molecule has 0 aliphatic carbocycles. The highest BCUT2D eigenvalue weighted by Gasteiger charge is 2.42. The maximum Gasteiger partial charge on any atom is 0.411 e. The Hall–Kier alpha value is -3.24. The SMILES string of the molecule is C=CCOC(=O)Nc1cccc([C@@H]2O[C@H](CN3CCC[C@H]3C(=O)OC(C)(C)C)[C@H](C)[C@H](c3ccc(CO)cc3)O2)c1. The second-order valence-corrected chi connectivity index (χ2v) is 11.6. The molecular formula is C32H42N2O7.